The molecule has 0 bridgehead atoms. The molecule has 1 amide bonds. The average Bonchev–Trinajstić information content (AvgIpc) is 2.85. The Morgan fingerprint density at radius 3 is 2.50 bits per heavy atom. The van der Waals surface area contributed by atoms with Crippen molar-refractivity contribution in [1.29, 1.82) is 0 Å². The normalized spacial score (nSPS) is 17.9. The molecule has 162 valence electrons. The van der Waals surface area contributed by atoms with Crippen LogP contribution >= 0.6 is 0 Å². The summed E-state index contributed by atoms with van der Waals surface area (Å²) in [5, 5.41) is 3.05. The molecule has 6 heteroatoms. The number of morpholine rings is 1. The molecule has 1 unspecified atom stereocenters. The maximum absolute atomic E-state index is 13.1. The van der Waals surface area contributed by atoms with Gasteiger partial charge in [-0.2, -0.15) is 0 Å². The molecule has 3 aromatic rings. The topological polar surface area (TPSA) is 67.9 Å². The van der Waals surface area contributed by atoms with E-state index in [4.69, 9.17) is 9.47 Å². The number of hydrogen-bond acceptors (Lipinski definition) is 5. The van der Waals surface area contributed by atoms with Gasteiger partial charge in [0.2, 0.25) is 0 Å². The Morgan fingerprint density at radius 2 is 1.69 bits per heavy atom. The summed E-state index contributed by atoms with van der Waals surface area (Å²) in [7, 11) is 0. The molecule has 1 atom stereocenters. The SMILES string of the molecule is O=C(Nc1ccccc1N1CCOCC1)c1ccc2c(c1)CC(c1ccccc1)OC2=O. The number of para-hydroxylation sites is 2. The summed E-state index contributed by atoms with van der Waals surface area (Å²) < 4.78 is 11.1. The van der Waals surface area contributed by atoms with Crippen LogP contribution in [0.25, 0.3) is 0 Å². The van der Waals surface area contributed by atoms with Crippen molar-refractivity contribution < 1.29 is 19.1 Å². The Hall–Kier alpha value is -3.64. The van der Waals surface area contributed by atoms with E-state index >= 15 is 0 Å². The van der Waals surface area contributed by atoms with Crippen LogP contribution in [0.3, 0.4) is 0 Å². The molecule has 1 N–H and O–H groups in total. The number of benzene rings is 3. The highest BCUT2D eigenvalue weighted by molar-refractivity contribution is 6.06. The van der Waals surface area contributed by atoms with Crippen LogP contribution in [0.1, 0.15) is 37.9 Å². The molecule has 1 saturated heterocycles. The minimum Gasteiger partial charge on any atom is -0.454 e. The van der Waals surface area contributed by atoms with Crippen LogP contribution in [0.2, 0.25) is 0 Å². The lowest BCUT2D eigenvalue weighted by atomic mass is 9.93. The van der Waals surface area contributed by atoms with Crippen molar-refractivity contribution in [3.63, 3.8) is 0 Å². The van der Waals surface area contributed by atoms with Crippen molar-refractivity contribution in [2.75, 3.05) is 36.5 Å². The van der Waals surface area contributed by atoms with E-state index < -0.39 is 0 Å². The van der Waals surface area contributed by atoms with Gasteiger partial charge in [-0.25, -0.2) is 4.79 Å². The van der Waals surface area contributed by atoms with Gasteiger partial charge in [0.25, 0.3) is 5.91 Å². The molecular weight excluding hydrogens is 404 g/mol. The number of carbonyl (C=O) groups excluding carboxylic acids is 2. The summed E-state index contributed by atoms with van der Waals surface area (Å²) in [5.41, 5.74) is 4.54. The number of anilines is 2. The maximum atomic E-state index is 13.1. The van der Waals surface area contributed by atoms with Crippen LogP contribution in [-0.4, -0.2) is 38.2 Å². The van der Waals surface area contributed by atoms with E-state index in [1.54, 1.807) is 18.2 Å². The fraction of sp³-hybridized carbons (Fsp3) is 0.231. The van der Waals surface area contributed by atoms with E-state index in [0.29, 0.717) is 30.8 Å². The fourth-order valence-corrected chi connectivity index (χ4v) is 4.24. The average molecular weight is 428 g/mol. The quantitative estimate of drug-likeness (QED) is 0.630. The molecule has 0 aliphatic carbocycles. The zero-order valence-corrected chi connectivity index (χ0v) is 17.6. The summed E-state index contributed by atoms with van der Waals surface area (Å²) in [6.45, 7) is 2.92. The van der Waals surface area contributed by atoms with E-state index in [-0.39, 0.29) is 18.0 Å². The third-order valence-corrected chi connectivity index (χ3v) is 5.92. The van der Waals surface area contributed by atoms with Crippen LogP contribution in [0.5, 0.6) is 0 Å². The van der Waals surface area contributed by atoms with Gasteiger partial charge < -0.3 is 19.7 Å². The van der Waals surface area contributed by atoms with Gasteiger partial charge in [0.05, 0.1) is 30.2 Å². The first-order chi connectivity index (χ1) is 15.7. The van der Waals surface area contributed by atoms with E-state index in [1.165, 1.54) is 0 Å². The molecule has 0 radical (unpaired) electrons. The predicted molar refractivity (Wildman–Crippen MR) is 122 cm³/mol. The van der Waals surface area contributed by atoms with Crippen molar-refractivity contribution in [2.24, 2.45) is 0 Å². The number of cyclic esters (lactones) is 1. The van der Waals surface area contributed by atoms with Crippen molar-refractivity contribution in [3.8, 4) is 0 Å². The first-order valence-electron chi connectivity index (χ1n) is 10.8. The van der Waals surface area contributed by atoms with Crippen LogP contribution in [0.4, 0.5) is 11.4 Å². The Kier molecular flexibility index (Phi) is 5.60. The molecule has 1 fully saturated rings. The monoisotopic (exact) mass is 428 g/mol. The van der Waals surface area contributed by atoms with Gasteiger partial charge in [-0.3, -0.25) is 4.79 Å². The number of carbonyl (C=O) groups is 2. The molecule has 0 aromatic heterocycles. The number of esters is 1. The third kappa shape index (κ3) is 4.09. The number of nitrogens with zero attached hydrogens (tertiary/aromatic N) is 1. The third-order valence-electron chi connectivity index (χ3n) is 5.92. The van der Waals surface area contributed by atoms with E-state index in [9.17, 15) is 9.59 Å². The Labute approximate surface area is 186 Å². The van der Waals surface area contributed by atoms with Gasteiger partial charge in [-0.05, 0) is 41.5 Å². The molecule has 0 spiro atoms. The largest absolute Gasteiger partial charge is 0.454 e. The Morgan fingerprint density at radius 1 is 0.938 bits per heavy atom. The lowest BCUT2D eigenvalue weighted by Crippen LogP contribution is -2.36. The van der Waals surface area contributed by atoms with Gasteiger partial charge in [0.15, 0.2) is 0 Å². The first kappa shape index (κ1) is 20.3. The van der Waals surface area contributed by atoms with Crippen LogP contribution in [0.15, 0.2) is 72.8 Å². The second kappa shape index (κ2) is 8.85. The minimum atomic E-state index is -0.357. The molecule has 6 nitrogen and oxygen atoms in total. The van der Waals surface area contributed by atoms with Gasteiger partial charge in [-0.15, -0.1) is 0 Å². The standard InChI is InChI=1S/C26H24N2O4/c29-25(27-22-8-4-5-9-23(22)28-12-14-31-15-13-28)19-10-11-21-20(16-19)17-24(32-26(21)30)18-6-2-1-3-7-18/h1-11,16,24H,12-15,17H2,(H,27,29). The molecule has 5 rings (SSSR count). The smallest absolute Gasteiger partial charge is 0.339 e. The van der Waals surface area contributed by atoms with Crippen molar-refractivity contribution in [2.45, 2.75) is 12.5 Å². The number of rotatable bonds is 4. The lowest BCUT2D eigenvalue weighted by molar-refractivity contribution is 0.0252. The highest BCUT2D eigenvalue weighted by atomic mass is 16.5. The molecule has 3 aromatic carbocycles. The Bertz CT molecular complexity index is 1140. The van der Waals surface area contributed by atoms with Gasteiger partial charge in [-0.1, -0.05) is 42.5 Å². The number of hydrogen-bond donors (Lipinski definition) is 1. The minimum absolute atomic E-state index is 0.205. The second-order valence-electron chi connectivity index (χ2n) is 7.95. The van der Waals surface area contributed by atoms with E-state index in [1.807, 2.05) is 54.6 Å². The molecular formula is C26H24N2O4. The zero-order chi connectivity index (χ0) is 21.9. The highest BCUT2D eigenvalue weighted by Crippen LogP contribution is 2.32. The van der Waals surface area contributed by atoms with Gasteiger partial charge >= 0.3 is 5.97 Å². The summed E-state index contributed by atoms with van der Waals surface area (Å²) in [6.07, 6.45) is 0.188. The van der Waals surface area contributed by atoms with E-state index in [0.717, 1.165) is 35.6 Å². The number of nitrogens with one attached hydrogen (secondary N) is 1. The van der Waals surface area contributed by atoms with E-state index in [2.05, 4.69) is 10.2 Å². The van der Waals surface area contributed by atoms with Crippen LogP contribution < -0.4 is 10.2 Å². The molecule has 32 heavy (non-hydrogen) atoms. The Balaban J connectivity index is 1.38. The maximum Gasteiger partial charge on any atom is 0.339 e. The number of fused-ring (bicyclic) bond motifs is 1. The van der Waals surface area contributed by atoms with Crippen molar-refractivity contribution in [3.05, 3.63) is 95.1 Å². The summed E-state index contributed by atoms with van der Waals surface area (Å²) >= 11 is 0. The van der Waals surface area contributed by atoms with Gasteiger partial charge in [0, 0.05) is 25.1 Å². The number of ether oxygens (including phenoxy) is 2. The van der Waals surface area contributed by atoms with Crippen LogP contribution in [-0.2, 0) is 15.9 Å². The van der Waals surface area contributed by atoms with Crippen molar-refractivity contribution >= 4 is 23.3 Å². The molecule has 0 saturated carbocycles. The highest BCUT2D eigenvalue weighted by Gasteiger charge is 2.28. The molecule has 2 aliphatic rings. The molecule has 2 heterocycles. The van der Waals surface area contributed by atoms with Crippen molar-refractivity contribution in [1.82, 2.24) is 0 Å². The molecule has 2 aliphatic heterocycles. The summed E-state index contributed by atoms with van der Waals surface area (Å²) in [4.78, 5) is 27.8. The summed E-state index contributed by atoms with van der Waals surface area (Å²) in [6, 6.07) is 22.6. The number of amides is 1. The first-order valence-corrected chi connectivity index (χ1v) is 10.8. The van der Waals surface area contributed by atoms with Crippen LogP contribution in [0, 0.1) is 0 Å². The van der Waals surface area contributed by atoms with Gasteiger partial charge in [0.1, 0.15) is 6.10 Å². The lowest BCUT2D eigenvalue weighted by Gasteiger charge is -2.30. The summed E-state index contributed by atoms with van der Waals surface area (Å²) in [5.74, 6) is -0.562. The second-order valence-corrected chi connectivity index (χ2v) is 7.95. The fourth-order valence-electron chi connectivity index (χ4n) is 4.24. The zero-order valence-electron chi connectivity index (χ0n) is 17.6. The predicted octanol–water partition coefficient (Wildman–Crippen LogP) is 4.23.